The number of aromatic nitrogens is 3. The number of anilines is 1. The standard InChI is InChI=1S/C12H14N4O2S/c1-8-5-9(18-2)3-4-10(8)15-11(17)6-19-12-13-7-14-16-12/h3-5,7H,6H2,1-2H3,(H,15,17)(H,13,14,16). The van der Waals surface area contributed by atoms with Crippen LogP contribution in [0.3, 0.4) is 0 Å². The van der Waals surface area contributed by atoms with E-state index in [-0.39, 0.29) is 11.7 Å². The first-order valence-electron chi connectivity index (χ1n) is 5.61. The molecule has 2 aromatic rings. The Morgan fingerprint density at radius 2 is 2.37 bits per heavy atom. The second-order valence-electron chi connectivity index (χ2n) is 3.81. The van der Waals surface area contributed by atoms with Crippen LogP contribution in [0.15, 0.2) is 29.7 Å². The Hall–Kier alpha value is -2.02. The molecule has 19 heavy (non-hydrogen) atoms. The molecule has 1 aromatic carbocycles. The molecule has 0 radical (unpaired) electrons. The number of nitrogens with zero attached hydrogens (tertiary/aromatic N) is 2. The van der Waals surface area contributed by atoms with E-state index in [4.69, 9.17) is 4.74 Å². The third kappa shape index (κ3) is 3.72. The fraction of sp³-hybridized carbons (Fsp3) is 0.250. The molecule has 0 aliphatic carbocycles. The van der Waals surface area contributed by atoms with Gasteiger partial charge in [-0.3, -0.25) is 9.89 Å². The van der Waals surface area contributed by atoms with Crippen molar-refractivity contribution in [2.75, 3.05) is 18.2 Å². The van der Waals surface area contributed by atoms with Crippen molar-refractivity contribution in [3.63, 3.8) is 0 Å². The maximum Gasteiger partial charge on any atom is 0.234 e. The predicted octanol–water partition coefficient (Wildman–Crippen LogP) is 1.85. The summed E-state index contributed by atoms with van der Waals surface area (Å²) in [6.07, 6.45) is 1.41. The number of nitrogens with one attached hydrogen (secondary N) is 2. The summed E-state index contributed by atoms with van der Waals surface area (Å²) in [4.78, 5) is 15.7. The van der Waals surface area contributed by atoms with Gasteiger partial charge in [0.2, 0.25) is 5.91 Å². The van der Waals surface area contributed by atoms with Crippen molar-refractivity contribution < 1.29 is 9.53 Å². The number of thioether (sulfide) groups is 1. The average Bonchev–Trinajstić information content (AvgIpc) is 2.92. The highest BCUT2D eigenvalue weighted by Gasteiger charge is 2.07. The minimum absolute atomic E-state index is 0.0883. The van der Waals surface area contributed by atoms with Crippen LogP contribution in [0.5, 0.6) is 5.75 Å². The molecule has 0 aliphatic heterocycles. The third-order valence-electron chi connectivity index (χ3n) is 2.44. The molecule has 2 N–H and O–H groups in total. The van der Waals surface area contributed by atoms with Gasteiger partial charge in [-0.2, -0.15) is 5.10 Å². The molecule has 0 spiro atoms. The number of rotatable bonds is 5. The fourth-order valence-electron chi connectivity index (χ4n) is 1.49. The Balaban J connectivity index is 1.91. The number of methoxy groups -OCH3 is 1. The van der Waals surface area contributed by atoms with Gasteiger partial charge in [-0.25, -0.2) is 4.98 Å². The predicted molar refractivity (Wildman–Crippen MR) is 73.5 cm³/mol. The smallest absolute Gasteiger partial charge is 0.234 e. The second-order valence-corrected chi connectivity index (χ2v) is 4.77. The second kappa shape index (κ2) is 6.24. The van der Waals surface area contributed by atoms with Crippen LogP contribution in [0.4, 0.5) is 5.69 Å². The summed E-state index contributed by atoms with van der Waals surface area (Å²) in [5.74, 6) is 0.960. The molecular weight excluding hydrogens is 264 g/mol. The molecule has 1 aromatic heterocycles. The van der Waals surface area contributed by atoms with Gasteiger partial charge in [-0.1, -0.05) is 11.8 Å². The zero-order valence-corrected chi connectivity index (χ0v) is 11.5. The van der Waals surface area contributed by atoms with Crippen molar-refractivity contribution in [3.05, 3.63) is 30.1 Å². The van der Waals surface area contributed by atoms with Crippen molar-refractivity contribution >= 4 is 23.4 Å². The first-order valence-corrected chi connectivity index (χ1v) is 6.60. The zero-order valence-electron chi connectivity index (χ0n) is 10.6. The molecule has 7 heteroatoms. The molecule has 0 fully saturated rings. The first kappa shape index (κ1) is 13.4. The van der Waals surface area contributed by atoms with Crippen LogP contribution in [-0.4, -0.2) is 34.0 Å². The molecule has 1 amide bonds. The van der Waals surface area contributed by atoms with E-state index < -0.39 is 0 Å². The molecule has 0 unspecified atom stereocenters. The monoisotopic (exact) mass is 278 g/mol. The van der Waals surface area contributed by atoms with E-state index in [1.54, 1.807) is 7.11 Å². The number of carbonyl (C=O) groups excluding carboxylic acids is 1. The third-order valence-corrected chi connectivity index (χ3v) is 3.32. The Kier molecular flexibility index (Phi) is 4.40. The highest BCUT2D eigenvalue weighted by Crippen LogP contribution is 2.21. The number of carbonyl (C=O) groups is 1. The lowest BCUT2D eigenvalue weighted by Crippen LogP contribution is -2.14. The number of H-pyrrole nitrogens is 1. The molecule has 0 aliphatic rings. The molecule has 0 saturated heterocycles. The van der Waals surface area contributed by atoms with Crippen molar-refractivity contribution in [1.29, 1.82) is 0 Å². The lowest BCUT2D eigenvalue weighted by Gasteiger charge is -2.09. The summed E-state index contributed by atoms with van der Waals surface area (Å²) in [7, 11) is 1.61. The first-order chi connectivity index (χ1) is 9.19. The van der Waals surface area contributed by atoms with E-state index >= 15 is 0 Å². The van der Waals surface area contributed by atoms with Crippen LogP contribution < -0.4 is 10.1 Å². The van der Waals surface area contributed by atoms with Gasteiger partial charge in [-0.15, -0.1) is 0 Å². The van der Waals surface area contributed by atoms with Gasteiger partial charge in [0.05, 0.1) is 12.9 Å². The Morgan fingerprint density at radius 1 is 1.53 bits per heavy atom. The molecule has 1 heterocycles. The number of aryl methyl sites for hydroxylation is 1. The van der Waals surface area contributed by atoms with E-state index in [1.807, 2.05) is 25.1 Å². The summed E-state index contributed by atoms with van der Waals surface area (Å²) in [6, 6.07) is 5.51. The lowest BCUT2D eigenvalue weighted by atomic mass is 10.2. The van der Waals surface area contributed by atoms with Crippen LogP contribution in [0.1, 0.15) is 5.56 Å². The lowest BCUT2D eigenvalue weighted by molar-refractivity contribution is -0.113. The average molecular weight is 278 g/mol. The molecule has 6 nitrogen and oxygen atoms in total. The number of benzene rings is 1. The van der Waals surface area contributed by atoms with Crippen LogP contribution >= 0.6 is 11.8 Å². The van der Waals surface area contributed by atoms with Gasteiger partial charge < -0.3 is 10.1 Å². The number of amides is 1. The van der Waals surface area contributed by atoms with Crippen molar-refractivity contribution in [3.8, 4) is 5.75 Å². The van der Waals surface area contributed by atoms with Gasteiger partial charge in [0.1, 0.15) is 12.1 Å². The van der Waals surface area contributed by atoms with Crippen molar-refractivity contribution in [2.24, 2.45) is 0 Å². The van der Waals surface area contributed by atoms with Crippen molar-refractivity contribution in [2.45, 2.75) is 12.1 Å². The molecule has 0 bridgehead atoms. The van der Waals surface area contributed by atoms with E-state index in [1.165, 1.54) is 18.1 Å². The number of aromatic amines is 1. The maximum atomic E-state index is 11.8. The molecule has 2 rings (SSSR count). The Morgan fingerprint density at radius 3 is 3.00 bits per heavy atom. The molecule has 0 saturated carbocycles. The normalized spacial score (nSPS) is 10.2. The van der Waals surface area contributed by atoms with Crippen molar-refractivity contribution in [1.82, 2.24) is 15.2 Å². The number of hydrogen-bond donors (Lipinski definition) is 2. The largest absolute Gasteiger partial charge is 0.497 e. The van der Waals surface area contributed by atoms with Gasteiger partial charge in [0, 0.05) is 5.69 Å². The fourth-order valence-corrected chi connectivity index (χ4v) is 2.07. The number of hydrogen-bond acceptors (Lipinski definition) is 5. The van der Waals surface area contributed by atoms with Gasteiger partial charge in [0.25, 0.3) is 0 Å². The van der Waals surface area contributed by atoms with E-state index in [2.05, 4.69) is 20.5 Å². The Labute approximate surface area is 115 Å². The summed E-state index contributed by atoms with van der Waals surface area (Å²) < 4.78 is 5.12. The van der Waals surface area contributed by atoms with Crippen LogP contribution in [0.2, 0.25) is 0 Å². The minimum Gasteiger partial charge on any atom is -0.497 e. The highest BCUT2D eigenvalue weighted by atomic mass is 32.2. The zero-order chi connectivity index (χ0) is 13.7. The maximum absolute atomic E-state index is 11.8. The molecule has 0 atom stereocenters. The Bertz CT molecular complexity index is 557. The summed E-state index contributed by atoms with van der Waals surface area (Å²) in [6.45, 7) is 1.92. The molecule has 100 valence electrons. The number of ether oxygens (including phenoxy) is 1. The van der Waals surface area contributed by atoms with E-state index in [0.717, 1.165) is 17.0 Å². The quantitative estimate of drug-likeness (QED) is 0.816. The molecular formula is C12H14N4O2S. The van der Waals surface area contributed by atoms with Crippen LogP contribution in [0.25, 0.3) is 0 Å². The van der Waals surface area contributed by atoms with Gasteiger partial charge in [0.15, 0.2) is 5.16 Å². The van der Waals surface area contributed by atoms with Crippen LogP contribution in [0, 0.1) is 6.92 Å². The summed E-state index contributed by atoms with van der Waals surface area (Å²) in [5.41, 5.74) is 1.74. The minimum atomic E-state index is -0.0883. The topological polar surface area (TPSA) is 79.9 Å². The van der Waals surface area contributed by atoms with Crippen LogP contribution in [-0.2, 0) is 4.79 Å². The van der Waals surface area contributed by atoms with Gasteiger partial charge >= 0.3 is 0 Å². The summed E-state index contributed by atoms with van der Waals surface area (Å²) >= 11 is 1.30. The summed E-state index contributed by atoms with van der Waals surface area (Å²) in [5, 5.41) is 9.88. The highest BCUT2D eigenvalue weighted by molar-refractivity contribution is 7.99. The SMILES string of the molecule is COc1ccc(NC(=O)CSc2ncn[nH]2)c(C)c1. The van der Waals surface area contributed by atoms with E-state index in [9.17, 15) is 4.79 Å². The van der Waals surface area contributed by atoms with E-state index in [0.29, 0.717) is 5.16 Å². The van der Waals surface area contributed by atoms with Gasteiger partial charge in [-0.05, 0) is 30.7 Å².